The molecule has 0 bridgehead atoms. The Labute approximate surface area is 104 Å². The smallest absolute Gasteiger partial charge is 0.236 e. The van der Waals surface area contributed by atoms with Crippen molar-refractivity contribution < 1.29 is 4.79 Å². The van der Waals surface area contributed by atoms with E-state index >= 15 is 0 Å². The fourth-order valence-corrected chi connectivity index (χ4v) is 2.91. The van der Waals surface area contributed by atoms with Gasteiger partial charge in [0.1, 0.15) is 0 Å². The average Bonchev–Trinajstić information content (AvgIpc) is 2.34. The number of piperidine rings is 2. The van der Waals surface area contributed by atoms with Gasteiger partial charge < -0.3 is 10.6 Å². The van der Waals surface area contributed by atoms with E-state index in [2.05, 4.69) is 11.8 Å². The molecule has 2 heterocycles. The molecule has 0 saturated carbocycles. The van der Waals surface area contributed by atoms with Gasteiger partial charge in [0.25, 0.3) is 0 Å². The highest BCUT2D eigenvalue weighted by Crippen LogP contribution is 2.16. The second-order valence-electron chi connectivity index (χ2n) is 5.55. The fraction of sp³-hybridized carbons (Fsp3) is 0.923. The molecule has 2 rings (SSSR count). The largest absolute Gasteiger partial charge is 0.342 e. The molecule has 0 radical (unpaired) electrons. The Balaban J connectivity index is 1.81. The molecule has 2 saturated heterocycles. The molecule has 17 heavy (non-hydrogen) atoms. The van der Waals surface area contributed by atoms with Crippen molar-refractivity contribution in [2.75, 3.05) is 26.2 Å². The molecule has 4 nitrogen and oxygen atoms in total. The van der Waals surface area contributed by atoms with E-state index in [1.165, 1.54) is 19.3 Å². The summed E-state index contributed by atoms with van der Waals surface area (Å²) < 4.78 is 0. The van der Waals surface area contributed by atoms with Gasteiger partial charge in [0, 0.05) is 31.7 Å². The first-order chi connectivity index (χ1) is 8.16. The van der Waals surface area contributed by atoms with Crippen molar-refractivity contribution in [2.24, 2.45) is 5.73 Å². The number of nitrogens with two attached hydrogens (primary N) is 1. The summed E-state index contributed by atoms with van der Waals surface area (Å²) in [5.41, 5.74) is 5.94. The Morgan fingerprint density at radius 1 is 1.24 bits per heavy atom. The van der Waals surface area contributed by atoms with Gasteiger partial charge in [-0.2, -0.15) is 0 Å². The molecule has 0 spiro atoms. The van der Waals surface area contributed by atoms with E-state index in [9.17, 15) is 4.79 Å². The van der Waals surface area contributed by atoms with E-state index in [0.717, 1.165) is 32.5 Å². The standard InChI is InChI=1S/C13H25N3O/c1-11-9-12(14)5-8-16(11)10-13(17)15-6-3-2-4-7-15/h11-12H,2-10,14H2,1H3. The minimum atomic E-state index is 0.312. The summed E-state index contributed by atoms with van der Waals surface area (Å²) in [4.78, 5) is 16.5. The van der Waals surface area contributed by atoms with Crippen molar-refractivity contribution in [3.63, 3.8) is 0 Å². The van der Waals surface area contributed by atoms with E-state index in [1.54, 1.807) is 0 Å². The van der Waals surface area contributed by atoms with Gasteiger partial charge in [0.05, 0.1) is 6.54 Å². The molecule has 4 heteroatoms. The first-order valence-corrected chi connectivity index (χ1v) is 6.94. The van der Waals surface area contributed by atoms with Crippen molar-refractivity contribution in [1.29, 1.82) is 0 Å². The quantitative estimate of drug-likeness (QED) is 0.776. The van der Waals surface area contributed by atoms with Crippen LogP contribution in [0.1, 0.15) is 39.0 Å². The third-order valence-corrected chi connectivity index (χ3v) is 4.10. The van der Waals surface area contributed by atoms with Crippen LogP contribution in [-0.4, -0.2) is 54.0 Å². The van der Waals surface area contributed by atoms with Gasteiger partial charge >= 0.3 is 0 Å². The van der Waals surface area contributed by atoms with Gasteiger partial charge in [-0.25, -0.2) is 0 Å². The Bertz CT molecular complexity index is 263. The van der Waals surface area contributed by atoms with E-state index in [0.29, 0.717) is 24.5 Å². The molecular formula is C13H25N3O. The highest BCUT2D eigenvalue weighted by Gasteiger charge is 2.26. The first kappa shape index (κ1) is 12.8. The number of carbonyl (C=O) groups excluding carboxylic acids is 1. The van der Waals surface area contributed by atoms with E-state index in [1.807, 2.05) is 4.90 Å². The second-order valence-corrected chi connectivity index (χ2v) is 5.55. The Morgan fingerprint density at radius 3 is 2.59 bits per heavy atom. The normalized spacial score (nSPS) is 31.5. The molecule has 2 N–H and O–H groups in total. The highest BCUT2D eigenvalue weighted by atomic mass is 16.2. The van der Waals surface area contributed by atoms with Gasteiger partial charge in [-0.15, -0.1) is 0 Å². The maximum atomic E-state index is 12.1. The maximum Gasteiger partial charge on any atom is 0.236 e. The van der Waals surface area contributed by atoms with E-state index < -0.39 is 0 Å². The zero-order chi connectivity index (χ0) is 12.3. The summed E-state index contributed by atoms with van der Waals surface area (Å²) in [6.45, 7) is 5.67. The predicted molar refractivity (Wildman–Crippen MR) is 68.7 cm³/mol. The van der Waals surface area contributed by atoms with Crippen LogP contribution in [0.3, 0.4) is 0 Å². The minimum absolute atomic E-state index is 0.312. The lowest BCUT2D eigenvalue weighted by atomic mass is 9.99. The van der Waals surface area contributed by atoms with Gasteiger partial charge in [0.2, 0.25) is 5.91 Å². The fourth-order valence-electron chi connectivity index (χ4n) is 2.91. The van der Waals surface area contributed by atoms with Crippen molar-refractivity contribution in [1.82, 2.24) is 9.80 Å². The lowest BCUT2D eigenvalue weighted by Gasteiger charge is -2.37. The van der Waals surface area contributed by atoms with Crippen LogP contribution in [0.25, 0.3) is 0 Å². The monoisotopic (exact) mass is 239 g/mol. The average molecular weight is 239 g/mol. The molecule has 2 aliphatic heterocycles. The summed E-state index contributed by atoms with van der Waals surface area (Å²) in [5.74, 6) is 0.312. The maximum absolute atomic E-state index is 12.1. The molecule has 0 aliphatic carbocycles. The molecule has 2 unspecified atom stereocenters. The Morgan fingerprint density at radius 2 is 1.94 bits per heavy atom. The van der Waals surface area contributed by atoms with Crippen LogP contribution in [0, 0.1) is 0 Å². The van der Waals surface area contributed by atoms with Crippen LogP contribution < -0.4 is 5.73 Å². The van der Waals surface area contributed by atoms with E-state index in [4.69, 9.17) is 5.73 Å². The summed E-state index contributed by atoms with van der Waals surface area (Å²) in [6, 6.07) is 0.777. The van der Waals surface area contributed by atoms with Crippen molar-refractivity contribution in [2.45, 2.75) is 51.1 Å². The molecular weight excluding hydrogens is 214 g/mol. The third kappa shape index (κ3) is 3.42. The van der Waals surface area contributed by atoms with Gasteiger partial charge in [-0.1, -0.05) is 0 Å². The summed E-state index contributed by atoms with van der Waals surface area (Å²) in [7, 11) is 0. The zero-order valence-corrected chi connectivity index (χ0v) is 10.9. The highest BCUT2D eigenvalue weighted by molar-refractivity contribution is 5.78. The Hall–Kier alpha value is -0.610. The number of nitrogens with zero attached hydrogens (tertiary/aromatic N) is 2. The number of hydrogen-bond donors (Lipinski definition) is 1. The number of amides is 1. The van der Waals surface area contributed by atoms with Crippen LogP contribution in [-0.2, 0) is 4.79 Å². The number of likely N-dealkylation sites (tertiary alicyclic amines) is 2. The van der Waals surface area contributed by atoms with Gasteiger partial charge in [-0.05, 0) is 39.0 Å². The molecule has 0 aromatic carbocycles. The van der Waals surface area contributed by atoms with Gasteiger partial charge in [0.15, 0.2) is 0 Å². The SMILES string of the molecule is CC1CC(N)CCN1CC(=O)N1CCCCC1. The molecule has 2 fully saturated rings. The second kappa shape index (κ2) is 5.83. The number of rotatable bonds is 2. The van der Waals surface area contributed by atoms with Crippen LogP contribution in [0.5, 0.6) is 0 Å². The lowest BCUT2D eigenvalue weighted by Crippen LogP contribution is -2.50. The minimum Gasteiger partial charge on any atom is -0.342 e. The molecule has 98 valence electrons. The topological polar surface area (TPSA) is 49.6 Å². The van der Waals surface area contributed by atoms with Crippen molar-refractivity contribution in [3.8, 4) is 0 Å². The zero-order valence-electron chi connectivity index (χ0n) is 10.9. The van der Waals surface area contributed by atoms with Crippen LogP contribution >= 0.6 is 0 Å². The molecule has 2 aliphatic rings. The molecule has 1 amide bonds. The van der Waals surface area contributed by atoms with Crippen LogP contribution in [0.15, 0.2) is 0 Å². The summed E-state index contributed by atoms with van der Waals surface area (Å²) >= 11 is 0. The molecule has 0 aromatic rings. The van der Waals surface area contributed by atoms with E-state index in [-0.39, 0.29) is 0 Å². The molecule has 2 atom stereocenters. The van der Waals surface area contributed by atoms with Gasteiger partial charge in [-0.3, -0.25) is 9.69 Å². The predicted octanol–water partition coefficient (Wildman–Crippen LogP) is 0.811. The van der Waals surface area contributed by atoms with Crippen molar-refractivity contribution in [3.05, 3.63) is 0 Å². The van der Waals surface area contributed by atoms with Crippen LogP contribution in [0.2, 0.25) is 0 Å². The third-order valence-electron chi connectivity index (χ3n) is 4.10. The summed E-state index contributed by atoms with van der Waals surface area (Å²) in [5, 5.41) is 0. The lowest BCUT2D eigenvalue weighted by molar-refractivity contribution is -0.134. The van der Waals surface area contributed by atoms with Crippen LogP contribution in [0.4, 0.5) is 0 Å². The summed E-state index contributed by atoms with van der Waals surface area (Å²) in [6.07, 6.45) is 5.67. The van der Waals surface area contributed by atoms with Crippen molar-refractivity contribution >= 4 is 5.91 Å². The Kier molecular flexibility index (Phi) is 4.40. The number of hydrogen-bond acceptors (Lipinski definition) is 3. The molecule has 0 aromatic heterocycles. The number of carbonyl (C=O) groups is 1. The first-order valence-electron chi connectivity index (χ1n) is 6.94.